The predicted molar refractivity (Wildman–Crippen MR) is 106 cm³/mol. The second-order valence-electron chi connectivity index (χ2n) is 7.20. The molecule has 1 fully saturated rings. The van der Waals surface area contributed by atoms with E-state index in [0.29, 0.717) is 13.1 Å². The number of ether oxygens (including phenoxy) is 1. The van der Waals surface area contributed by atoms with Gasteiger partial charge in [-0.25, -0.2) is 4.79 Å². The van der Waals surface area contributed by atoms with Crippen LogP contribution in [0.3, 0.4) is 0 Å². The van der Waals surface area contributed by atoms with Crippen LogP contribution in [-0.4, -0.2) is 63.0 Å². The van der Waals surface area contributed by atoms with E-state index < -0.39 is 22.3 Å². The Balaban J connectivity index is 1.58. The minimum Gasteiger partial charge on any atom is -0.448 e. The zero-order chi connectivity index (χ0) is 19.9. The van der Waals surface area contributed by atoms with Crippen LogP contribution in [0.15, 0.2) is 48.5 Å². The first-order valence-corrected chi connectivity index (χ1v) is 10.6. The number of hydrogen-bond acceptors (Lipinski definition) is 5. The molecule has 0 spiro atoms. The Kier molecular flexibility index (Phi) is 4.86. The van der Waals surface area contributed by atoms with Crippen molar-refractivity contribution < 1.29 is 17.9 Å². The van der Waals surface area contributed by atoms with Crippen LogP contribution in [0.5, 0.6) is 0 Å². The Morgan fingerprint density at radius 3 is 2.04 bits per heavy atom. The average molecular weight is 401 g/mol. The lowest BCUT2D eigenvalue weighted by molar-refractivity contribution is 0.103. The van der Waals surface area contributed by atoms with Crippen LogP contribution in [0.2, 0.25) is 0 Å². The molecule has 2 aromatic carbocycles. The summed E-state index contributed by atoms with van der Waals surface area (Å²) in [6.45, 7) is 0.945. The van der Waals surface area contributed by atoms with Gasteiger partial charge in [0.2, 0.25) is 0 Å². The molecule has 2 aliphatic rings. The SMILES string of the molecule is CN(C)S(=O)(=O)N(C(=O)OCC1c2ccccc2-c2ccccc21)C1CNC1. The molecular formula is C20H23N3O4S. The van der Waals surface area contributed by atoms with Crippen molar-refractivity contribution in [3.63, 3.8) is 0 Å². The topological polar surface area (TPSA) is 79.0 Å². The van der Waals surface area contributed by atoms with Gasteiger partial charge in [0.1, 0.15) is 6.61 Å². The molecule has 1 N–H and O–H groups in total. The molecule has 1 saturated heterocycles. The van der Waals surface area contributed by atoms with Crippen LogP contribution >= 0.6 is 0 Å². The fourth-order valence-corrected chi connectivity index (χ4v) is 4.82. The molecule has 8 heteroatoms. The van der Waals surface area contributed by atoms with Crippen molar-refractivity contribution in [2.24, 2.45) is 0 Å². The molecular weight excluding hydrogens is 378 g/mol. The highest BCUT2D eigenvalue weighted by Crippen LogP contribution is 2.44. The Morgan fingerprint density at radius 1 is 1.04 bits per heavy atom. The third-order valence-electron chi connectivity index (χ3n) is 5.32. The maximum Gasteiger partial charge on any atom is 0.424 e. The zero-order valence-electron chi connectivity index (χ0n) is 15.8. The summed E-state index contributed by atoms with van der Waals surface area (Å²) < 4.78 is 32.7. The van der Waals surface area contributed by atoms with Crippen LogP contribution in [0.4, 0.5) is 4.79 Å². The number of carbonyl (C=O) groups excluding carboxylic acids is 1. The smallest absolute Gasteiger partial charge is 0.424 e. The number of nitrogens with zero attached hydrogens (tertiary/aromatic N) is 2. The number of fused-ring (bicyclic) bond motifs is 3. The van der Waals surface area contributed by atoms with Gasteiger partial charge in [-0.05, 0) is 22.3 Å². The molecule has 0 aromatic heterocycles. The summed E-state index contributed by atoms with van der Waals surface area (Å²) in [6, 6.07) is 15.6. The van der Waals surface area contributed by atoms with E-state index in [2.05, 4.69) is 17.4 Å². The first kappa shape index (κ1) is 18.9. The van der Waals surface area contributed by atoms with Crippen molar-refractivity contribution in [3.8, 4) is 11.1 Å². The lowest BCUT2D eigenvalue weighted by Crippen LogP contribution is -2.62. The summed E-state index contributed by atoms with van der Waals surface area (Å²) in [7, 11) is -1.10. The molecule has 1 aliphatic carbocycles. The molecule has 0 saturated carbocycles. The number of carbonyl (C=O) groups is 1. The molecule has 1 amide bonds. The molecule has 28 heavy (non-hydrogen) atoms. The number of nitrogens with one attached hydrogen (secondary N) is 1. The second-order valence-corrected chi connectivity index (χ2v) is 9.22. The maximum absolute atomic E-state index is 12.8. The molecule has 7 nitrogen and oxygen atoms in total. The normalized spacial score (nSPS) is 16.4. The number of amides is 1. The first-order chi connectivity index (χ1) is 13.4. The van der Waals surface area contributed by atoms with Crippen molar-refractivity contribution >= 4 is 16.3 Å². The minimum absolute atomic E-state index is 0.0897. The Labute approximate surface area is 165 Å². The molecule has 0 bridgehead atoms. The Morgan fingerprint density at radius 2 is 1.57 bits per heavy atom. The predicted octanol–water partition coefficient (Wildman–Crippen LogP) is 2.02. The van der Waals surface area contributed by atoms with Crippen molar-refractivity contribution in [1.82, 2.24) is 13.9 Å². The molecule has 0 atom stereocenters. The fourth-order valence-electron chi connectivity index (χ4n) is 3.70. The van der Waals surface area contributed by atoms with E-state index in [1.165, 1.54) is 14.1 Å². The fraction of sp³-hybridized carbons (Fsp3) is 0.350. The third-order valence-corrected chi connectivity index (χ3v) is 7.18. The molecule has 2 aromatic rings. The quantitative estimate of drug-likeness (QED) is 0.829. The van der Waals surface area contributed by atoms with Gasteiger partial charge in [0.15, 0.2) is 0 Å². The lowest BCUT2D eigenvalue weighted by Gasteiger charge is -2.37. The van der Waals surface area contributed by atoms with Gasteiger partial charge < -0.3 is 10.1 Å². The van der Waals surface area contributed by atoms with E-state index in [-0.39, 0.29) is 12.5 Å². The number of rotatable bonds is 5. The van der Waals surface area contributed by atoms with Gasteiger partial charge in [-0.3, -0.25) is 0 Å². The largest absolute Gasteiger partial charge is 0.448 e. The van der Waals surface area contributed by atoms with Crippen molar-refractivity contribution in [3.05, 3.63) is 59.7 Å². The Bertz CT molecular complexity index is 957. The summed E-state index contributed by atoms with van der Waals surface area (Å²) in [5, 5.41) is 3.00. The molecule has 148 valence electrons. The molecule has 0 radical (unpaired) electrons. The number of hydrogen-bond donors (Lipinski definition) is 1. The van der Waals surface area contributed by atoms with Crippen LogP contribution in [0.1, 0.15) is 17.0 Å². The van der Waals surface area contributed by atoms with Gasteiger partial charge in [-0.2, -0.15) is 17.0 Å². The van der Waals surface area contributed by atoms with Crippen LogP contribution in [-0.2, 0) is 14.9 Å². The van der Waals surface area contributed by atoms with Crippen molar-refractivity contribution in [2.75, 3.05) is 33.8 Å². The highest BCUT2D eigenvalue weighted by molar-refractivity contribution is 7.87. The minimum atomic E-state index is -3.91. The second kappa shape index (κ2) is 7.20. The standard InChI is InChI=1S/C20H23N3O4S/c1-22(2)28(25,26)23(14-11-21-12-14)20(24)27-13-19-17-9-5-3-7-15(17)16-8-4-6-10-18(16)19/h3-10,14,19,21H,11-13H2,1-2H3. The van der Waals surface area contributed by atoms with Gasteiger partial charge in [0.05, 0.1) is 6.04 Å². The summed E-state index contributed by atoms with van der Waals surface area (Å²) in [5.41, 5.74) is 4.42. The van der Waals surface area contributed by atoms with E-state index in [1.54, 1.807) is 0 Å². The van der Waals surface area contributed by atoms with E-state index in [0.717, 1.165) is 30.9 Å². The van der Waals surface area contributed by atoms with Crippen LogP contribution < -0.4 is 5.32 Å². The van der Waals surface area contributed by atoms with Crippen molar-refractivity contribution in [1.29, 1.82) is 0 Å². The monoisotopic (exact) mass is 401 g/mol. The Hall–Kier alpha value is -2.42. The average Bonchev–Trinajstić information content (AvgIpc) is 2.96. The van der Waals surface area contributed by atoms with Gasteiger partial charge in [-0.15, -0.1) is 0 Å². The molecule has 1 heterocycles. The zero-order valence-corrected chi connectivity index (χ0v) is 16.6. The highest BCUT2D eigenvalue weighted by atomic mass is 32.2. The summed E-state index contributed by atoms with van der Waals surface area (Å²) in [4.78, 5) is 12.8. The van der Waals surface area contributed by atoms with Gasteiger partial charge in [0.25, 0.3) is 0 Å². The van der Waals surface area contributed by atoms with Gasteiger partial charge in [-0.1, -0.05) is 48.5 Å². The van der Waals surface area contributed by atoms with E-state index >= 15 is 0 Å². The van der Waals surface area contributed by atoms with Gasteiger partial charge in [0, 0.05) is 33.1 Å². The lowest BCUT2D eigenvalue weighted by atomic mass is 9.98. The third kappa shape index (κ3) is 3.07. The van der Waals surface area contributed by atoms with E-state index in [9.17, 15) is 13.2 Å². The highest BCUT2D eigenvalue weighted by Gasteiger charge is 2.41. The van der Waals surface area contributed by atoms with E-state index in [4.69, 9.17) is 4.74 Å². The summed E-state index contributed by atoms with van der Waals surface area (Å²) in [6.07, 6.45) is -0.831. The summed E-state index contributed by atoms with van der Waals surface area (Å²) in [5.74, 6) is -0.111. The van der Waals surface area contributed by atoms with Crippen LogP contribution in [0, 0.1) is 0 Å². The molecule has 0 unspecified atom stereocenters. The summed E-state index contributed by atoms with van der Waals surface area (Å²) >= 11 is 0. The van der Waals surface area contributed by atoms with Gasteiger partial charge >= 0.3 is 16.3 Å². The maximum atomic E-state index is 12.8. The van der Waals surface area contributed by atoms with E-state index in [1.807, 2.05) is 36.4 Å². The molecule has 4 rings (SSSR count). The first-order valence-electron chi connectivity index (χ1n) is 9.19. The van der Waals surface area contributed by atoms with Crippen molar-refractivity contribution in [2.45, 2.75) is 12.0 Å². The van der Waals surface area contributed by atoms with Crippen LogP contribution in [0.25, 0.3) is 11.1 Å². The number of benzene rings is 2. The molecule has 1 aliphatic heterocycles.